The Labute approximate surface area is 257 Å². The van der Waals surface area contributed by atoms with Crippen molar-refractivity contribution in [3.8, 4) is 0 Å². The number of ether oxygens (including phenoxy) is 3. The molecule has 44 heavy (non-hydrogen) atoms. The summed E-state index contributed by atoms with van der Waals surface area (Å²) in [7, 11) is 0. The molecular formula is C32H44N4O8. The van der Waals surface area contributed by atoms with Crippen molar-refractivity contribution in [2.45, 2.75) is 103 Å². The number of esters is 1. The van der Waals surface area contributed by atoms with E-state index in [0.717, 1.165) is 31.2 Å². The zero-order chi connectivity index (χ0) is 31.4. The van der Waals surface area contributed by atoms with Crippen LogP contribution in [0.15, 0.2) is 30.3 Å². The van der Waals surface area contributed by atoms with Crippen LogP contribution in [0, 0.1) is 23.7 Å². The van der Waals surface area contributed by atoms with Crippen molar-refractivity contribution in [2.24, 2.45) is 23.7 Å². The third-order valence-electron chi connectivity index (χ3n) is 9.11. The molecule has 12 nitrogen and oxygen atoms in total. The van der Waals surface area contributed by atoms with E-state index in [-0.39, 0.29) is 25.7 Å². The lowest BCUT2D eigenvalue weighted by Crippen LogP contribution is -2.56. The highest BCUT2D eigenvalue weighted by Gasteiger charge is 2.50. The first kappa shape index (κ1) is 31.6. The summed E-state index contributed by atoms with van der Waals surface area (Å²) in [4.78, 5) is 66.3. The molecule has 0 spiro atoms. The fourth-order valence-electron chi connectivity index (χ4n) is 7.54. The van der Waals surface area contributed by atoms with Gasteiger partial charge in [-0.2, -0.15) is 0 Å². The van der Waals surface area contributed by atoms with Crippen molar-refractivity contribution >= 4 is 30.0 Å². The van der Waals surface area contributed by atoms with Gasteiger partial charge in [-0.25, -0.2) is 15.0 Å². The van der Waals surface area contributed by atoms with Gasteiger partial charge in [0.25, 0.3) is 5.91 Å². The van der Waals surface area contributed by atoms with Gasteiger partial charge in [0.2, 0.25) is 5.91 Å². The molecule has 4 aliphatic carbocycles. The van der Waals surface area contributed by atoms with Crippen molar-refractivity contribution in [1.29, 1.82) is 0 Å². The number of nitrogens with one attached hydrogen (secondary N) is 3. The quantitative estimate of drug-likeness (QED) is 0.229. The minimum Gasteiger partial charge on any atom is -0.462 e. The lowest BCUT2D eigenvalue weighted by molar-refractivity contribution is -0.172. The van der Waals surface area contributed by atoms with E-state index in [0.29, 0.717) is 36.5 Å². The molecule has 12 heteroatoms. The van der Waals surface area contributed by atoms with Crippen LogP contribution >= 0.6 is 0 Å². The van der Waals surface area contributed by atoms with E-state index in [1.807, 2.05) is 18.2 Å². The van der Waals surface area contributed by atoms with Crippen LogP contribution in [0.3, 0.4) is 0 Å². The Morgan fingerprint density at radius 1 is 0.909 bits per heavy atom. The van der Waals surface area contributed by atoms with Gasteiger partial charge in [0.1, 0.15) is 30.4 Å². The van der Waals surface area contributed by atoms with E-state index in [1.165, 1.54) is 11.3 Å². The van der Waals surface area contributed by atoms with Gasteiger partial charge in [0, 0.05) is 6.54 Å². The average molecular weight is 613 g/mol. The number of hydrogen-bond donors (Lipinski definition) is 3. The van der Waals surface area contributed by atoms with E-state index < -0.39 is 47.7 Å². The first-order valence-electron chi connectivity index (χ1n) is 15.7. The number of carbonyl (C=O) groups excluding carboxylic acids is 5. The molecule has 1 heterocycles. The number of alkyl carbamates (subject to hydrolysis) is 1. The molecular weight excluding hydrogens is 568 g/mol. The fraction of sp³-hybridized carbons (Fsp3) is 0.656. The van der Waals surface area contributed by atoms with Crippen LogP contribution < -0.4 is 16.2 Å². The summed E-state index contributed by atoms with van der Waals surface area (Å²) in [6.45, 7) is 5.30. The van der Waals surface area contributed by atoms with Crippen LogP contribution in [-0.2, 0) is 35.2 Å². The predicted molar refractivity (Wildman–Crippen MR) is 157 cm³/mol. The van der Waals surface area contributed by atoms with E-state index >= 15 is 0 Å². The molecule has 5 aliphatic rings. The highest BCUT2D eigenvalue weighted by Crippen LogP contribution is 2.54. The summed E-state index contributed by atoms with van der Waals surface area (Å²) in [5.74, 6) is 0.351. The number of rotatable bonds is 8. The second-order valence-corrected chi connectivity index (χ2v) is 13.7. The minimum absolute atomic E-state index is 0.0170. The third kappa shape index (κ3) is 8.00. The molecule has 4 saturated carbocycles. The van der Waals surface area contributed by atoms with Gasteiger partial charge >= 0.3 is 18.2 Å². The molecule has 240 valence electrons. The summed E-state index contributed by atoms with van der Waals surface area (Å²) in [6.07, 6.45) is 4.17. The average Bonchev–Trinajstić information content (AvgIpc) is 3.45. The van der Waals surface area contributed by atoms with Crippen LogP contribution in [0.4, 0.5) is 9.59 Å². The molecule has 3 N–H and O–H groups in total. The van der Waals surface area contributed by atoms with Crippen LogP contribution in [0.25, 0.3) is 0 Å². The third-order valence-corrected chi connectivity index (χ3v) is 9.11. The van der Waals surface area contributed by atoms with Gasteiger partial charge < -0.3 is 24.4 Å². The number of carbonyl (C=O) groups is 5. The Balaban J connectivity index is 1.23. The maximum atomic E-state index is 13.8. The van der Waals surface area contributed by atoms with E-state index in [1.54, 1.807) is 32.9 Å². The maximum absolute atomic E-state index is 13.8. The fourth-order valence-corrected chi connectivity index (χ4v) is 7.54. The number of hydrogen-bond acceptors (Lipinski definition) is 8. The molecule has 1 aliphatic heterocycles. The zero-order valence-electron chi connectivity index (χ0n) is 25.7. The Hall–Kier alpha value is -3.83. The molecule has 4 bridgehead atoms. The van der Waals surface area contributed by atoms with Crippen LogP contribution in [0.2, 0.25) is 0 Å². The van der Waals surface area contributed by atoms with E-state index in [9.17, 15) is 24.0 Å². The van der Waals surface area contributed by atoms with Crippen molar-refractivity contribution < 1.29 is 38.2 Å². The molecule has 1 aromatic carbocycles. The number of amides is 4. The molecule has 2 atom stereocenters. The standard InChI is InChI=1S/C32H44N4O8/c1-32(2,3)44-31(41)35-34-28(38)25-10-7-11-36(25)29(39)24(33-30(40)42-18-19-8-5-4-6-9-19)17-26(37)43-27-22-13-20-12-21(15-22)16-23(27)14-20/h4-6,8-9,20-25,27H,7,10-18H2,1-3H3,(H,33,40)(H,34,38)(H,35,41)/t20?,21?,22?,23?,24-,25-,27?/m0/s1. The number of nitrogens with zero attached hydrogens (tertiary/aromatic N) is 1. The molecule has 1 aromatic rings. The summed E-state index contributed by atoms with van der Waals surface area (Å²) < 4.78 is 16.5. The number of hydrazine groups is 1. The van der Waals surface area contributed by atoms with Crippen molar-refractivity contribution in [1.82, 2.24) is 21.1 Å². The summed E-state index contributed by atoms with van der Waals surface area (Å²) >= 11 is 0. The molecule has 4 amide bonds. The Bertz CT molecular complexity index is 1200. The summed E-state index contributed by atoms with van der Waals surface area (Å²) in [5, 5.41) is 2.56. The van der Waals surface area contributed by atoms with Crippen LogP contribution in [0.1, 0.15) is 77.7 Å². The van der Waals surface area contributed by atoms with Gasteiger partial charge in [0.05, 0.1) is 6.42 Å². The summed E-state index contributed by atoms with van der Waals surface area (Å²) in [6, 6.07) is 6.88. The predicted octanol–water partition coefficient (Wildman–Crippen LogP) is 3.59. The largest absolute Gasteiger partial charge is 0.462 e. The second kappa shape index (κ2) is 13.4. The van der Waals surface area contributed by atoms with Crippen LogP contribution in [-0.4, -0.2) is 65.2 Å². The molecule has 5 fully saturated rings. The topological polar surface area (TPSA) is 152 Å². The molecule has 0 unspecified atom stereocenters. The van der Waals surface area contributed by atoms with Crippen molar-refractivity contribution in [3.63, 3.8) is 0 Å². The number of benzene rings is 1. The van der Waals surface area contributed by atoms with Crippen molar-refractivity contribution in [2.75, 3.05) is 6.54 Å². The van der Waals surface area contributed by atoms with Crippen molar-refractivity contribution in [3.05, 3.63) is 35.9 Å². The van der Waals surface area contributed by atoms with E-state index in [4.69, 9.17) is 14.2 Å². The van der Waals surface area contributed by atoms with Gasteiger partial charge in [-0.3, -0.25) is 19.8 Å². The molecule has 0 radical (unpaired) electrons. The smallest absolute Gasteiger partial charge is 0.426 e. The minimum atomic E-state index is -1.30. The Kier molecular flexibility index (Phi) is 9.65. The molecule has 0 aromatic heterocycles. The highest BCUT2D eigenvalue weighted by atomic mass is 16.6. The van der Waals surface area contributed by atoms with Gasteiger partial charge in [-0.05, 0) is 95.0 Å². The zero-order valence-corrected chi connectivity index (χ0v) is 25.7. The first-order chi connectivity index (χ1) is 20.9. The lowest BCUT2D eigenvalue weighted by Gasteiger charge is -2.53. The summed E-state index contributed by atoms with van der Waals surface area (Å²) in [5.41, 5.74) is 4.53. The second-order valence-electron chi connectivity index (χ2n) is 13.7. The van der Waals surface area contributed by atoms with Gasteiger partial charge in [0.15, 0.2) is 0 Å². The number of likely N-dealkylation sites (tertiary alicyclic amines) is 1. The van der Waals surface area contributed by atoms with E-state index in [2.05, 4.69) is 16.2 Å². The molecule has 1 saturated heterocycles. The van der Waals surface area contributed by atoms with Crippen LogP contribution in [0.5, 0.6) is 0 Å². The molecule has 6 rings (SSSR count). The SMILES string of the molecule is CC(C)(C)OC(=O)NNC(=O)[C@@H]1CCCN1C(=O)[C@H](CC(=O)OC1C2CC3CC(C2)CC1C3)NC(=O)OCc1ccccc1. The lowest BCUT2D eigenvalue weighted by atomic mass is 9.55. The van der Waals surface area contributed by atoms with Gasteiger partial charge in [-0.1, -0.05) is 30.3 Å². The monoisotopic (exact) mass is 612 g/mol. The Morgan fingerprint density at radius 3 is 2.20 bits per heavy atom. The normalized spacial score (nSPS) is 27.7. The Morgan fingerprint density at radius 2 is 1.57 bits per heavy atom. The first-order valence-corrected chi connectivity index (χ1v) is 15.7. The highest BCUT2D eigenvalue weighted by molar-refractivity contribution is 5.94. The van der Waals surface area contributed by atoms with Gasteiger partial charge in [-0.15, -0.1) is 0 Å². The maximum Gasteiger partial charge on any atom is 0.426 e.